The van der Waals surface area contributed by atoms with Crippen molar-refractivity contribution in [3.05, 3.63) is 18.3 Å². The summed E-state index contributed by atoms with van der Waals surface area (Å²) >= 11 is 1.49. The second-order valence-electron chi connectivity index (χ2n) is 3.23. The highest BCUT2D eigenvalue weighted by Gasteiger charge is 2.03. The summed E-state index contributed by atoms with van der Waals surface area (Å²) in [5, 5.41) is 0.769. The lowest BCUT2D eigenvalue weighted by Crippen LogP contribution is -2.03. The number of rotatable bonds is 5. The molecule has 84 valence electrons. The Bertz CT molecular complexity index is 418. The quantitative estimate of drug-likeness (QED) is 0.624. The van der Waals surface area contributed by atoms with E-state index in [2.05, 4.69) is 4.98 Å². The Morgan fingerprint density at radius 2 is 2.27 bits per heavy atom. The summed E-state index contributed by atoms with van der Waals surface area (Å²) in [6.07, 6.45) is 3.54. The van der Waals surface area contributed by atoms with Crippen molar-refractivity contribution in [1.29, 1.82) is 0 Å². The zero-order valence-corrected chi connectivity index (χ0v) is 10.1. The van der Waals surface area contributed by atoms with E-state index in [-0.39, 0.29) is 5.75 Å². The normalized spacial score (nSPS) is 11.5. The minimum Gasteiger partial charge on any atom is -0.397 e. The van der Waals surface area contributed by atoms with Crippen molar-refractivity contribution in [1.82, 2.24) is 4.98 Å². The van der Waals surface area contributed by atoms with Crippen molar-refractivity contribution in [3.8, 4) is 0 Å². The number of nitrogen functional groups attached to an aromatic ring is 1. The monoisotopic (exact) mass is 246 g/mol. The summed E-state index contributed by atoms with van der Waals surface area (Å²) in [5.74, 6) is 0.932. The van der Waals surface area contributed by atoms with Crippen LogP contribution in [0.1, 0.15) is 6.42 Å². The highest BCUT2D eigenvalue weighted by Crippen LogP contribution is 2.22. The predicted molar refractivity (Wildman–Crippen MR) is 63.7 cm³/mol. The molecule has 0 saturated heterocycles. The number of hydrogen-bond acceptors (Lipinski definition) is 5. The standard InChI is InChI=1S/C9H14N2O2S2/c1-15(12,13)7-3-6-14-9-8(10)4-2-5-11-9/h2,4-5H,3,6-7,10H2,1H3. The third-order valence-corrected chi connectivity index (χ3v) is 3.84. The first kappa shape index (κ1) is 12.3. The second kappa shape index (κ2) is 5.37. The Balaban J connectivity index is 2.36. The van der Waals surface area contributed by atoms with Crippen LogP contribution in [0.4, 0.5) is 5.69 Å². The van der Waals surface area contributed by atoms with Gasteiger partial charge >= 0.3 is 0 Å². The molecule has 0 amide bonds. The van der Waals surface area contributed by atoms with Crippen LogP contribution in [0.25, 0.3) is 0 Å². The van der Waals surface area contributed by atoms with E-state index in [0.717, 1.165) is 5.03 Å². The maximum absolute atomic E-state index is 10.9. The molecule has 0 aliphatic rings. The van der Waals surface area contributed by atoms with Gasteiger partial charge in [0.25, 0.3) is 0 Å². The highest BCUT2D eigenvalue weighted by atomic mass is 32.2. The Morgan fingerprint density at radius 1 is 1.53 bits per heavy atom. The molecule has 2 N–H and O–H groups in total. The molecule has 0 spiro atoms. The summed E-state index contributed by atoms with van der Waals surface area (Å²) in [4.78, 5) is 4.10. The number of hydrogen-bond donors (Lipinski definition) is 1. The SMILES string of the molecule is CS(=O)(=O)CCCSc1ncccc1N. The van der Waals surface area contributed by atoms with Gasteiger partial charge in [-0.3, -0.25) is 0 Å². The Kier molecular flexibility index (Phi) is 4.41. The second-order valence-corrected chi connectivity index (χ2v) is 6.57. The Morgan fingerprint density at radius 3 is 2.87 bits per heavy atom. The number of nitrogens with zero attached hydrogens (tertiary/aromatic N) is 1. The van der Waals surface area contributed by atoms with Gasteiger partial charge in [-0.05, 0) is 18.6 Å². The molecule has 0 aromatic carbocycles. The van der Waals surface area contributed by atoms with Crippen LogP contribution in [0.15, 0.2) is 23.4 Å². The molecule has 0 radical (unpaired) electrons. The molecule has 15 heavy (non-hydrogen) atoms. The van der Waals surface area contributed by atoms with Crippen LogP contribution in [0.5, 0.6) is 0 Å². The first-order valence-corrected chi connectivity index (χ1v) is 7.54. The van der Waals surface area contributed by atoms with Gasteiger partial charge in [-0.15, -0.1) is 11.8 Å². The zero-order chi connectivity index (χ0) is 11.3. The molecule has 0 fully saturated rings. The van der Waals surface area contributed by atoms with Crippen LogP contribution in [0.2, 0.25) is 0 Å². The molecule has 0 bridgehead atoms. The maximum atomic E-state index is 10.9. The van der Waals surface area contributed by atoms with E-state index >= 15 is 0 Å². The lowest BCUT2D eigenvalue weighted by molar-refractivity contribution is 0.600. The lowest BCUT2D eigenvalue weighted by Gasteiger charge is -2.02. The van der Waals surface area contributed by atoms with Crippen LogP contribution in [0, 0.1) is 0 Å². The fraction of sp³-hybridized carbons (Fsp3) is 0.444. The molecule has 0 aliphatic carbocycles. The minimum atomic E-state index is -2.85. The van der Waals surface area contributed by atoms with Gasteiger partial charge in [0.2, 0.25) is 0 Å². The van der Waals surface area contributed by atoms with Crippen molar-refractivity contribution in [2.75, 3.05) is 23.5 Å². The van der Waals surface area contributed by atoms with E-state index < -0.39 is 9.84 Å². The van der Waals surface area contributed by atoms with Crippen LogP contribution in [-0.4, -0.2) is 31.2 Å². The maximum Gasteiger partial charge on any atom is 0.147 e. The average molecular weight is 246 g/mol. The summed E-state index contributed by atoms with van der Waals surface area (Å²) in [5.41, 5.74) is 6.33. The van der Waals surface area contributed by atoms with Crippen LogP contribution in [0.3, 0.4) is 0 Å². The lowest BCUT2D eigenvalue weighted by atomic mass is 10.4. The largest absolute Gasteiger partial charge is 0.397 e. The van der Waals surface area contributed by atoms with Gasteiger partial charge in [0.15, 0.2) is 0 Å². The smallest absolute Gasteiger partial charge is 0.147 e. The molecule has 6 heteroatoms. The van der Waals surface area contributed by atoms with E-state index in [1.807, 2.05) is 0 Å². The fourth-order valence-electron chi connectivity index (χ4n) is 1.01. The first-order chi connectivity index (χ1) is 6.99. The summed E-state index contributed by atoms with van der Waals surface area (Å²) in [6, 6.07) is 3.56. The van der Waals surface area contributed by atoms with Crippen molar-refractivity contribution < 1.29 is 8.42 Å². The van der Waals surface area contributed by atoms with Gasteiger partial charge in [0.05, 0.1) is 11.4 Å². The number of thioether (sulfide) groups is 1. The molecule has 0 unspecified atom stereocenters. The average Bonchev–Trinajstić information content (AvgIpc) is 2.13. The molecule has 0 atom stereocenters. The zero-order valence-electron chi connectivity index (χ0n) is 8.51. The third-order valence-electron chi connectivity index (χ3n) is 1.70. The minimum absolute atomic E-state index is 0.215. The molecule has 1 aromatic heterocycles. The van der Waals surface area contributed by atoms with Gasteiger partial charge in [-0.2, -0.15) is 0 Å². The first-order valence-electron chi connectivity index (χ1n) is 4.50. The fourth-order valence-corrected chi connectivity index (χ4v) is 2.72. The number of anilines is 1. The van der Waals surface area contributed by atoms with Crippen molar-refractivity contribution in [2.45, 2.75) is 11.4 Å². The van der Waals surface area contributed by atoms with E-state index in [9.17, 15) is 8.42 Å². The van der Waals surface area contributed by atoms with Crippen molar-refractivity contribution >= 4 is 27.3 Å². The molecular weight excluding hydrogens is 232 g/mol. The van der Waals surface area contributed by atoms with Crippen LogP contribution in [-0.2, 0) is 9.84 Å². The van der Waals surface area contributed by atoms with Crippen LogP contribution < -0.4 is 5.73 Å². The highest BCUT2D eigenvalue weighted by molar-refractivity contribution is 7.99. The number of sulfone groups is 1. The molecule has 0 aliphatic heterocycles. The Labute approximate surface area is 94.2 Å². The van der Waals surface area contributed by atoms with Crippen LogP contribution >= 0.6 is 11.8 Å². The van der Waals surface area contributed by atoms with E-state index in [1.165, 1.54) is 18.0 Å². The summed E-state index contributed by atoms with van der Waals surface area (Å²) < 4.78 is 21.7. The van der Waals surface area contributed by atoms with Gasteiger partial charge in [-0.25, -0.2) is 13.4 Å². The molecule has 0 saturated carbocycles. The molecular formula is C9H14N2O2S2. The van der Waals surface area contributed by atoms with Gasteiger partial charge in [-0.1, -0.05) is 0 Å². The third kappa shape index (κ3) is 5.03. The molecule has 1 heterocycles. The number of nitrogens with two attached hydrogens (primary N) is 1. The molecule has 1 aromatic rings. The molecule has 4 nitrogen and oxygen atoms in total. The van der Waals surface area contributed by atoms with Crippen molar-refractivity contribution in [2.24, 2.45) is 0 Å². The van der Waals surface area contributed by atoms with Gasteiger partial charge < -0.3 is 5.73 Å². The Hall–Kier alpha value is -0.750. The number of pyridine rings is 1. The molecule has 1 rings (SSSR count). The summed E-state index contributed by atoms with van der Waals surface area (Å²) in [7, 11) is -2.85. The topological polar surface area (TPSA) is 73.0 Å². The summed E-state index contributed by atoms with van der Waals surface area (Å²) in [6.45, 7) is 0. The van der Waals surface area contributed by atoms with E-state index in [4.69, 9.17) is 5.73 Å². The van der Waals surface area contributed by atoms with Crippen molar-refractivity contribution in [3.63, 3.8) is 0 Å². The van der Waals surface area contributed by atoms with E-state index in [1.54, 1.807) is 18.3 Å². The van der Waals surface area contributed by atoms with Gasteiger partial charge in [0.1, 0.15) is 14.9 Å². The number of aromatic nitrogens is 1. The predicted octanol–water partition coefficient (Wildman–Crippen LogP) is 1.19. The van der Waals surface area contributed by atoms with E-state index in [0.29, 0.717) is 17.9 Å². The van der Waals surface area contributed by atoms with Gasteiger partial charge in [0, 0.05) is 18.2 Å².